The maximum absolute atomic E-state index is 13.6. The minimum atomic E-state index is -0.862. The van der Waals surface area contributed by atoms with E-state index in [1.54, 1.807) is 79.5 Å². The molecule has 2 aliphatic heterocycles. The largest absolute Gasteiger partial charge is 1.00 e. The minimum absolute atomic E-state index is 0. The maximum atomic E-state index is 13.6. The van der Waals surface area contributed by atoms with E-state index in [-0.39, 0.29) is 71.2 Å². The van der Waals surface area contributed by atoms with Crippen molar-refractivity contribution in [3.05, 3.63) is 387 Å². The van der Waals surface area contributed by atoms with Gasteiger partial charge in [0.1, 0.15) is 51.4 Å². The van der Waals surface area contributed by atoms with E-state index in [1.165, 1.54) is 4.90 Å². The van der Waals surface area contributed by atoms with E-state index in [0.29, 0.717) is 125 Å². The van der Waals surface area contributed by atoms with E-state index in [2.05, 4.69) is 86.9 Å². The quantitative estimate of drug-likeness (QED) is 0.0131. The van der Waals surface area contributed by atoms with Crippen molar-refractivity contribution >= 4 is 140 Å². The number of halogens is 6. The summed E-state index contributed by atoms with van der Waals surface area (Å²) in [5.41, 5.74) is 23.2. The van der Waals surface area contributed by atoms with E-state index in [1.807, 2.05) is 240 Å². The first-order valence-electron chi connectivity index (χ1n) is 47.2. The van der Waals surface area contributed by atoms with Crippen LogP contribution in [0.1, 0.15) is 153 Å². The number of imide groups is 1. The second kappa shape index (κ2) is 46.2. The Balaban J connectivity index is 0.000000143. The van der Waals surface area contributed by atoms with E-state index >= 15 is 0 Å². The molecule has 4 aliphatic carbocycles. The van der Waals surface area contributed by atoms with Crippen LogP contribution in [0.4, 0.5) is 8.78 Å². The van der Waals surface area contributed by atoms with Crippen LogP contribution in [0, 0.1) is 23.2 Å². The van der Waals surface area contributed by atoms with Crippen molar-refractivity contribution in [1.82, 2.24) is 54.7 Å². The predicted molar refractivity (Wildman–Crippen MR) is 578 cm³/mol. The van der Waals surface area contributed by atoms with Gasteiger partial charge in [0.25, 0.3) is 11.8 Å². The number of amides is 2. The number of carbonyl (C=O) groups excluding carboxylic acids is 3. The molecule has 739 valence electrons. The van der Waals surface area contributed by atoms with Crippen LogP contribution in [0.15, 0.2) is 316 Å². The second-order valence-electron chi connectivity index (χ2n) is 37.6. The van der Waals surface area contributed by atoms with Crippen LogP contribution in [0.3, 0.4) is 0 Å². The van der Waals surface area contributed by atoms with Crippen LogP contribution in [0.5, 0.6) is 0 Å². The second-order valence-corrected chi connectivity index (χ2v) is 39.0. The van der Waals surface area contributed by atoms with E-state index in [0.717, 1.165) is 137 Å². The van der Waals surface area contributed by atoms with Crippen LogP contribution in [0.2, 0.25) is 20.6 Å². The fourth-order valence-corrected chi connectivity index (χ4v) is 20.4. The molecule has 12 heterocycles. The topological polar surface area (TPSA) is 364 Å². The number of alkyl halides is 2. The molecule has 4 saturated carbocycles. The maximum Gasteiger partial charge on any atom is 1.00 e. The van der Waals surface area contributed by atoms with Gasteiger partial charge in [0.05, 0.1) is 96.0 Å². The third kappa shape index (κ3) is 22.4. The molecule has 0 bridgehead atoms. The molecule has 3 radical (unpaired) electrons. The number of nitrogens with zero attached hydrogens (tertiary/aromatic N) is 12. The number of hydrogen-bond acceptors (Lipinski definition) is 22. The summed E-state index contributed by atoms with van der Waals surface area (Å²) >= 11 is 24.9. The molecule has 0 unspecified atom stereocenters. The summed E-state index contributed by atoms with van der Waals surface area (Å²) < 4.78 is 38.9. The molecule has 148 heavy (non-hydrogen) atoms. The zero-order valence-electron chi connectivity index (χ0n) is 81.9. The van der Waals surface area contributed by atoms with Gasteiger partial charge in [0, 0.05) is 118 Å². The van der Waals surface area contributed by atoms with Crippen LogP contribution < -0.4 is 52.4 Å². The third-order valence-corrected chi connectivity index (χ3v) is 29.0. The number of aliphatic hydroxyl groups is 3. The Morgan fingerprint density at radius 2 is 0.770 bits per heavy atom. The van der Waals surface area contributed by atoms with Gasteiger partial charge in [0.2, 0.25) is 0 Å². The Morgan fingerprint density at radius 1 is 0.439 bits per heavy atom. The molecular formula is C116H103B2Cl4F2N15NaO8. The van der Waals surface area contributed by atoms with Crippen molar-refractivity contribution in [1.29, 1.82) is 5.26 Å². The zero-order chi connectivity index (χ0) is 102. The Bertz CT molecular complexity index is 7770. The first-order chi connectivity index (χ1) is 70.1. The normalized spacial score (nSPS) is 18.2. The first-order valence-corrected chi connectivity index (χ1v) is 48.7. The van der Waals surface area contributed by atoms with E-state index < -0.39 is 53.9 Å². The van der Waals surface area contributed by atoms with Gasteiger partial charge in [-0.1, -0.05) is 266 Å². The number of benzene rings is 8. The van der Waals surface area contributed by atoms with Crippen molar-refractivity contribution in [2.24, 2.45) is 29.3 Å². The SMILES string of the molecule is C.CC1(C)OB(c2ccc(C3(N4C(=O)c5ccccc5C4=O)CC(O)(C4CC4)C3)cc2)OC1(C)C.FCc1nccc2nc(Cl)c(-c3ccccc3)cc12.N#Cc1nccc2nc(Cl)c(-c3ccccc3)cc12.NC1(c2ccc(-c3nc4ccnc(CF)c4cc3-c3ccccc3)cc2)CC(O)(C2CC2)C1.NN.O=Cc1nccc2nc(Cl)c(-c3ccccc3)cc12.OCc1nccc2nc(Cl)c(-c3ccccc3)cc12.[B].[H-].[Na+]. The number of hydrazine groups is 1. The molecule has 32 heteroatoms. The van der Waals surface area contributed by atoms with Crippen molar-refractivity contribution in [2.75, 3.05) is 0 Å². The van der Waals surface area contributed by atoms with Gasteiger partial charge in [-0.25, -0.2) is 38.7 Å². The number of rotatable bonds is 16. The number of aliphatic hydroxyl groups excluding tert-OH is 1. The fourth-order valence-electron chi connectivity index (χ4n) is 19.4. The zero-order valence-corrected chi connectivity index (χ0v) is 86.0. The minimum Gasteiger partial charge on any atom is -1.00 e. The van der Waals surface area contributed by atoms with Crippen LogP contribution in [-0.2, 0) is 40.3 Å². The Morgan fingerprint density at radius 3 is 1.16 bits per heavy atom. The number of aldehydes is 1. The summed E-state index contributed by atoms with van der Waals surface area (Å²) in [6.45, 7) is 6.71. The Kier molecular flexibility index (Phi) is 34.0. The van der Waals surface area contributed by atoms with Gasteiger partial charge in [-0.2, -0.15) is 5.26 Å². The standard InChI is InChI=1S/C28H26FN3O.C27H30BNO5.C15H10ClFN2.C15H8ClN3.C15H11ClN2O.C15H9ClN2O.CH4.B.H4N2.Na.H/c29-15-25-23-14-22(18-4-2-1-3-5-18)26(32-24(23)12-13-31-25)19-6-8-20(9-7-19)27(30)16-28(33,17-27)21-10-11-21;1-24(2)25(3,4)34-28(33-24)19-13-11-17(12-14-19)26(15-27(32,16-26)18-9-10-18)29-22(30)20-7-5-6-8-21(20)23(29)31;2*16-15-11(10-4-2-1-3-5-10)8-12-13(19-15)6-7-18-14(12)9-17;2*16-15-11(10-4-2-1-3-5-10)8-12-13(18-15)6-7-17-14(12)9-19;;;1-2;;/h1-9,12-14,21,33H,10-11,15-17,30H2;5-8,11-14,18,32H,9-10,15-16H2,1-4H3;1-8H,9H2;1-8H;1-8,19H,9H2;1-9H;1H4;;1-2H2;;/q;;;;;;;;;+1;-1. The Labute approximate surface area is 901 Å². The van der Waals surface area contributed by atoms with Crippen LogP contribution >= 0.6 is 46.4 Å². The molecular weight excluding hydrogens is 1960 g/mol. The molecule has 23 nitrogen and oxygen atoms in total. The van der Waals surface area contributed by atoms with Crippen molar-refractivity contribution < 1.29 is 78.8 Å². The number of pyridine rings is 10. The molecule has 0 spiro atoms. The van der Waals surface area contributed by atoms with Crippen molar-refractivity contribution in [3.63, 3.8) is 0 Å². The smallest absolute Gasteiger partial charge is 1.00 e. The first kappa shape index (κ1) is 109. The number of nitriles is 1. The number of nitrogens with two attached hydrogens (primary N) is 3. The number of hydrogen-bond donors (Lipinski definition) is 6. The fraction of sp³-hybridized carbons (Fsp3) is 0.207. The molecule has 8 aromatic carbocycles. The van der Waals surface area contributed by atoms with E-state index in [4.69, 9.17) is 71.7 Å². The third-order valence-electron chi connectivity index (χ3n) is 27.9. The molecule has 5 fully saturated rings. The molecule has 2 amide bonds. The van der Waals surface area contributed by atoms with Gasteiger partial charge < -0.3 is 31.8 Å². The average Bonchev–Trinajstić information content (AvgIpc) is 1.56. The number of carbonyl (C=O) groups is 3. The van der Waals surface area contributed by atoms with Crippen molar-refractivity contribution in [3.8, 4) is 73.0 Å². The molecule has 0 atom stereocenters. The van der Waals surface area contributed by atoms with Gasteiger partial charge in [-0.15, -0.1) is 0 Å². The van der Waals surface area contributed by atoms with Gasteiger partial charge in [-0.05, 0) is 195 Å². The number of aromatic nitrogens is 10. The molecule has 24 rings (SSSR count). The monoisotopic (exact) mass is 2060 g/mol. The number of fused-ring (bicyclic) bond motifs is 6. The molecule has 9 N–H and O–H groups in total. The molecule has 6 aliphatic rings. The summed E-state index contributed by atoms with van der Waals surface area (Å²) in [6.07, 6.45) is 14.8. The van der Waals surface area contributed by atoms with Gasteiger partial charge in [0.15, 0.2) is 6.29 Å². The van der Waals surface area contributed by atoms with Gasteiger partial charge >= 0.3 is 36.7 Å². The summed E-state index contributed by atoms with van der Waals surface area (Å²) in [5, 5.41) is 45.8. The summed E-state index contributed by atoms with van der Waals surface area (Å²) in [5.74, 6) is 8.11. The van der Waals surface area contributed by atoms with Crippen LogP contribution in [-0.4, -0.2) is 126 Å². The molecule has 18 aromatic rings. The van der Waals surface area contributed by atoms with Crippen molar-refractivity contribution in [2.45, 2.75) is 140 Å². The van der Waals surface area contributed by atoms with Crippen LogP contribution in [0.25, 0.3) is 121 Å². The summed E-state index contributed by atoms with van der Waals surface area (Å²) in [4.78, 5) is 82.0. The van der Waals surface area contributed by atoms with E-state index in [9.17, 15) is 38.5 Å². The predicted octanol–water partition coefficient (Wildman–Crippen LogP) is 20.6. The Hall–Kier alpha value is -13.3. The summed E-state index contributed by atoms with van der Waals surface area (Å²) in [6, 6.07) is 92.3. The molecule has 10 aromatic heterocycles. The molecule has 1 saturated heterocycles. The summed E-state index contributed by atoms with van der Waals surface area (Å²) in [7, 11) is -0.487. The average molecular weight is 2060 g/mol. The van der Waals surface area contributed by atoms with Gasteiger partial charge in [-0.3, -0.25) is 50.9 Å².